The summed E-state index contributed by atoms with van der Waals surface area (Å²) in [6.07, 6.45) is 2.83. The van der Waals surface area contributed by atoms with Gasteiger partial charge in [0.2, 0.25) is 11.8 Å². The average molecular weight is 387 g/mol. The van der Waals surface area contributed by atoms with Crippen molar-refractivity contribution in [1.29, 1.82) is 0 Å². The molecule has 1 aliphatic carbocycles. The molecule has 6 heteroatoms. The Labute approximate surface area is 164 Å². The van der Waals surface area contributed by atoms with Crippen LogP contribution in [0.25, 0.3) is 0 Å². The lowest BCUT2D eigenvalue weighted by atomic mass is 9.81. The number of methoxy groups -OCH3 is 1. The molecule has 2 aromatic rings. The molecule has 1 fully saturated rings. The van der Waals surface area contributed by atoms with Gasteiger partial charge in [0.1, 0.15) is 5.75 Å². The number of hydrogen-bond donors (Lipinski definition) is 2. The molecule has 0 heterocycles. The van der Waals surface area contributed by atoms with Crippen LogP contribution >= 0.6 is 11.6 Å². The minimum Gasteiger partial charge on any atom is -0.497 e. The van der Waals surface area contributed by atoms with Gasteiger partial charge in [0, 0.05) is 28.2 Å². The standard InChI is InChI=1S/C21H23ClN2O3/c1-27-19-12-10-18(11-13-19)24-21(26)15-4-2-14(3-5-15)20(25)23-17-8-6-16(22)7-9-17/h6-15H,2-5H2,1H3,(H,23,25)(H,24,26). The van der Waals surface area contributed by atoms with Gasteiger partial charge in [-0.3, -0.25) is 9.59 Å². The number of carbonyl (C=O) groups is 2. The van der Waals surface area contributed by atoms with Gasteiger partial charge in [-0.2, -0.15) is 0 Å². The van der Waals surface area contributed by atoms with Crippen molar-refractivity contribution in [2.45, 2.75) is 25.7 Å². The highest BCUT2D eigenvalue weighted by molar-refractivity contribution is 6.30. The number of carbonyl (C=O) groups excluding carboxylic acids is 2. The molecule has 0 spiro atoms. The van der Waals surface area contributed by atoms with Gasteiger partial charge in [0.15, 0.2) is 0 Å². The van der Waals surface area contributed by atoms with E-state index < -0.39 is 0 Å². The highest BCUT2D eigenvalue weighted by Gasteiger charge is 2.30. The van der Waals surface area contributed by atoms with Crippen LogP contribution in [0.5, 0.6) is 5.75 Å². The van der Waals surface area contributed by atoms with Gasteiger partial charge in [-0.1, -0.05) is 11.6 Å². The van der Waals surface area contributed by atoms with Crippen molar-refractivity contribution in [3.63, 3.8) is 0 Å². The van der Waals surface area contributed by atoms with E-state index in [0.29, 0.717) is 30.7 Å². The van der Waals surface area contributed by atoms with Gasteiger partial charge >= 0.3 is 0 Å². The van der Waals surface area contributed by atoms with E-state index in [2.05, 4.69) is 10.6 Å². The number of ether oxygens (including phenoxy) is 1. The first-order chi connectivity index (χ1) is 13.0. The Balaban J connectivity index is 1.47. The molecule has 1 aliphatic rings. The molecule has 0 unspecified atom stereocenters. The van der Waals surface area contributed by atoms with Crippen LogP contribution in [0.3, 0.4) is 0 Å². The van der Waals surface area contributed by atoms with E-state index >= 15 is 0 Å². The van der Waals surface area contributed by atoms with E-state index in [4.69, 9.17) is 16.3 Å². The maximum atomic E-state index is 12.5. The largest absolute Gasteiger partial charge is 0.497 e. The first-order valence-electron chi connectivity index (χ1n) is 9.06. The fraction of sp³-hybridized carbons (Fsp3) is 0.333. The third-order valence-electron chi connectivity index (χ3n) is 4.94. The van der Waals surface area contributed by atoms with Crippen LogP contribution in [-0.2, 0) is 9.59 Å². The number of halogens is 1. The van der Waals surface area contributed by atoms with Crippen molar-refractivity contribution >= 4 is 34.8 Å². The molecule has 0 atom stereocenters. The van der Waals surface area contributed by atoms with Crippen molar-refractivity contribution in [2.24, 2.45) is 11.8 Å². The summed E-state index contributed by atoms with van der Waals surface area (Å²) in [7, 11) is 1.61. The highest BCUT2D eigenvalue weighted by atomic mass is 35.5. The molecule has 5 nitrogen and oxygen atoms in total. The Bertz CT molecular complexity index is 782. The van der Waals surface area contributed by atoms with Gasteiger partial charge in [-0.25, -0.2) is 0 Å². The smallest absolute Gasteiger partial charge is 0.227 e. The minimum absolute atomic E-state index is 0.00587. The first kappa shape index (κ1) is 19.2. The summed E-state index contributed by atoms with van der Waals surface area (Å²) in [6, 6.07) is 14.3. The summed E-state index contributed by atoms with van der Waals surface area (Å²) in [5, 5.41) is 6.50. The molecule has 0 bridgehead atoms. The number of rotatable bonds is 5. The highest BCUT2D eigenvalue weighted by Crippen LogP contribution is 2.31. The number of amides is 2. The fourth-order valence-electron chi connectivity index (χ4n) is 3.31. The van der Waals surface area contributed by atoms with Gasteiger partial charge in [0.25, 0.3) is 0 Å². The van der Waals surface area contributed by atoms with E-state index in [1.54, 1.807) is 31.4 Å². The maximum Gasteiger partial charge on any atom is 0.227 e. The average Bonchev–Trinajstić information content (AvgIpc) is 2.70. The molecule has 0 aromatic heterocycles. The van der Waals surface area contributed by atoms with Crippen molar-refractivity contribution < 1.29 is 14.3 Å². The van der Waals surface area contributed by atoms with Crippen molar-refractivity contribution in [2.75, 3.05) is 17.7 Å². The number of benzene rings is 2. The Morgan fingerprint density at radius 2 is 1.22 bits per heavy atom. The molecule has 2 amide bonds. The number of nitrogens with one attached hydrogen (secondary N) is 2. The zero-order valence-corrected chi connectivity index (χ0v) is 16.0. The van der Waals surface area contributed by atoms with Gasteiger partial charge < -0.3 is 15.4 Å². The lowest BCUT2D eigenvalue weighted by Crippen LogP contribution is -2.32. The zero-order chi connectivity index (χ0) is 19.2. The first-order valence-corrected chi connectivity index (χ1v) is 9.44. The van der Waals surface area contributed by atoms with Crippen LogP contribution in [0.15, 0.2) is 48.5 Å². The van der Waals surface area contributed by atoms with E-state index in [1.807, 2.05) is 24.3 Å². The van der Waals surface area contributed by atoms with Crippen LogP contribution < -0.4 is 15.4 Å². The van der Waals surface area contributed by atoms with Gasteiger partial charge in [-0.15, -0.1) is 0 Å². The second-order valence-electron chi connectivity index (χ2n) is 6.76. The van der Waals surface area contributed by atoms with Crippen molar-refractivity contribution in [1.82, 2.24) is 0 Å². The molecule has 27 heavy (non-hydrogen) atoms. The summed E-state index contributed by atoms with van der Waals surface area (Å²) in [5.74, 6) is 0.640. The summed E-state index contributed by atoms with van der Waals surface area (Å²) < 4.78 is 5.12. The molecule has 3 rings (SSSR count). The summed E-state index contributed by atoms with van der Waals surface area (Å²) in [5.41, 5.74) is 1.49. The van der Waals surface area contributed by atoms with E-state index in [1.165, 1.54) is 0 Å². The number of anilines is 2. The summed E-state index contributed by atoms with van der Waals surface area (Å²) >= 11 is 5.86. The second kappa shape index (κ2) is 8.91. The number of hydrogen-bond acceptors (Lipinski definition) is 3. The molecule has 142 valence electrons. The lowest BCUT2D eigenvalue weighted by molar-refractivity contribution is -0.125. The minimum atomic E-state index is -0.0642. The van der Waals surface area contributed by atoms with Crippen LogP contribution in [0.2, 0.25) is 5.02 Å². The van der Waals surface area contributed by atoms with Crippen molar-refractivity contribution in [3.05, 3.63) is 53.6 Å². The summed E-state index contributed by atoms with van der Waals surface area (Å²) in [6.45, 7) is 0. The molecule has 2 N–H and O–H groups in total. The molecule has 0 saturated heterocycles. The monoisotopic (exact) mass is 386 g/mol. The van der Waals surface area contributed by atoms with Gasteiger partial charge in [-0.05, 0) is 74.2 Å². The Kier molecular flexibility index (Phi) is 6.35. The fourth-order valence-corrected chi connectivity index (χ4v) is 3.44. The quantitative estimate of drug-likeness (QED) is 0.780. The zero-order valence-electron chi connectivity index (χ0n) is 15.2. The molecule has 2 aromatic carbocycles. The van der Waals surface area contributed by atoms with Crippen LogP contribution in [0, 0.1) is 11.8 Å². The van der Waals surface area contributed by atoms with Crippen LogP contribution in [-0.4, -0.2) is 18.9 Å². The molecular weight excluding hydrogens is 364 g/mol. The van der Waals surface area contributed by atoms with Crippen molar-refractivity contribution in [3.8, 4) is 5.75 Å². The molecule has 0 radical (unpaired) electrons. The molecule has 0 aliphatic heterocycles. The Hall–Kier alpha value is -2.53. The topological polar surface area (TPSA) is 67.4 Å². The van der Waals surface area contributed by atoms with E-state index in [9.17, 15) is 9.59 Å². The van der Waals surface area contributed by atoms with Gasteiger partial charge in [0.05, 0.1) is 7.11 Å². The lowest BCUT2D eigenvalue weighted by Gasteiger charge is -2.27. The third kappa shape index (κ3) is 5.23. The predicted octanol–water partition coefficient (Wildman–Crippen LogP) is 4.73. The summed E-state index contributed by atoms with van der Waals surface area (Å²) in [4.78, 5) is 24.9. The molecular formula is C21H23ClN2O3. The second-order valence-corrected chi connectivity index (χ2v) is 7.20. The SMILES string of the molecule is COc1ccc(NC(=O)C2CCC(C(=O)Nc3ccc(Cl)cc3)CC2)cc1. The third-order valence-corrected chi connectivity index (χ3v) is 5.19. The van der Waals surface area contributed by atoms with E-state index in [-0.39, 0.29) is 23.7 Å². The van der Waals surface area contributed by atoms with Crippen LogP contribution in [0.4, 0.5) is 11.4 Å². The predicted molar refractivity (Wildman–Crippen MR) is 107 cm³/mol. The van der Waals surface area contributed by atoms with Crippen LogP contribution in [0.1, 0.15) is 25.7 Å². The Morgan fingerprint density at radius 3 is 1.63 bits per heavy atom. The normalized spacial score (nSPS) is 19.2. The maximum absolute atomic E-state index is 12.5. The Morgan fingerprint density at radius 1 is 0.815 bits per heavy atom. The molecule has 1 saturated carbocycles. The van der Waals surface area contributed by atoms with E-state index in [0.717, 1.165) is 17.1 Å².